The first kappa shape index (κ1) is 14.6. The summed E-state index contributed by atoms with van der Waals surface area (Å²) in [6.07, 6.45) is -2.55. The van der Waals surface area contributed by atoms with Gasteiger partial charge in [0.2, 0.25) is 0 Å². The summed E-state index contributed by atoms with van der Waals surface area (Å²) in [5.74, 6) is -0.370. The summed E-state index contributed by atoms with van der Waals surface area (Å²) in [5, 5.41) is 2.68. The smallest absolute Gasteiger partial charge is 0.349 e. The van der Waals surface area contributed by atoms with Gasteiger partial charge in [-0.05, 0) is 31.0 Å². The van der Waals surface area contributed by atoms with E-state index in [0.29, 0.717) is 25.7 Å². The minimum absolute atomic E-state index is 0.0169. The third kappa shape index (κ3) is 3.59. The Morgan fingerprint density at radius 3 is 2.45 bits per heavy atom. The molecular weight excluding hydrogens is 271 g/mol. The number of benzene rings is 1. The van der Waals surface area contributed by atoms with Gasteiger partial charge in [0, 0.05) is 24.4 Å². The zero-order chi connectivity index (χ0) is 14.8. The molecule has 1 N–H and O–H groups in total. The summed E-state index contributed by atoms with van der Waals surface area (Å²) >= 11 is 0. The number of nitrogens with one attached hydrogen (secondary N) is 1. The van der Waals surface area contributed by atoms with Gasteiger partial charge >= 0.3 is 6.18 Å². The molecule has 6 heteroatoms. The molecule has 0 bridgehead atoms. The van der Waals surface area contributed by atoms with Crippen LogP contribution in [0.2, 0.25) is 0 Å². The average molecular weight is 285 g/mol. The molecule has 0 aliphatic heterocycles. The van der Waals surface area contributed by atoms with Crippen LogP contribution < -0.4 is 5.32 Å². The summed E-state index contributed by atoms with van der Waals surface area (Å²) in [4.78, 5) is 23.0. The Balaban J connectivity index is 2.04. The van der Waals surface area contributed by atoms with Crippen molar-refractivity contribution in [3.05, 3.63) is 35.4 Å². The van der Waals surface area contributed by atoms with Gasteiger partial charge in [0.25, 0.3) is 5.91 Å². The highest BCUT2D eigenvalue weighted by molar-refractivity contribution is 5.94. The SMILES string of the molecule is O=C1CCC(NC(=O)c2cccc(C(F)(F)F)c2)CC1. The Morgan fingerprint density at radius 1 is 1.20 bits per heavy atom. The van der Waals surface area contributed by atoms with Gasteiger partial charge in [0.05, 0.1) is 5.56 Å². The number of Topliss-reactive ketones (excluding diaryl/α,β-unsaturated/α-hetero) is 1. The molecule has 0 radical (unpaired) electrons. The summed E-state index contributed by atoms with van der Waals surface area (Å²) in [7, 11) is 0. The van der Waals surface area contributed by atoms with Gasteiger partial charge in [-0.15, -0.1) is 0 Å². The Morgan fingerprint density at radius 2 is 1.85 bits per heavy atom. The third-order valence-electron chi connectivity index (χ3n) is 3.33. The molecule has 1 aliphatic carbocycles. The first-order valence-corrected chi connectivity index (χ1v) is 6.36. The van der Waals surface area contributed by atoms with Crippen LogP contribution in [-0.2, 0) is 11.0 Å². The van der Waals surface area contributed by atoms with E-state index in [4.69, 9.17) is 0 Å². The number of amides is 1. The van der Waals surface area contributed by atoms with E-state index in [0.717, 1.165) is 12.1 Å². The van der Waals surface area contributed by atoms with Gasteiger partial charge in [-0.3, -0.25) is 9.59 Å². The van der Waals surface area contributed by atoms with Crippen LogP contribution in [-0.4, -0.2) is 17.7 Å². The second-order valence-corrected chi connectivity index (χ2v) is 4.86. The third-order valence-corrected chi connectivity index (χ3v) is 3.33. The molecule has 1 fully saturated rings. The maximum Gasteiger partial charge on any atom is 0.416 e. The molecule has 2 rings (SSSR count). The Kier molecular flexibility index (Phi) is 4.11. The molecule has 0 unspecified atom stereocenters. The van der Waals surface area contributed by atoms with E-state index in [1.807, 2.05) is 0 Å². The molecule has 0 spiro atoms. The highest BCUT2D eigenvalue weighted by Crippen LogP contribution is 2.29. The second-order valence-electron chi connectivity index (χ2n) is 4.86. The predicted molar refractivity (Wildman–Crippen MR) is 66.2 cm³/mol. The highest BCUT2D eigenvalue weighted by Gasteiger charge is 2.31. The van der Waals surface area contributed by atoms with Gasteiger partial charge in [0.1, 0.15) is 5.78 Å². The van der Waals surface area contributed by atoms with Gasteiger partial charge in [-0.1, -0.05) is 6.07 Å². The van der Waals surface area contributed by atoms with Crippen LogP contribution in [0.3, 0.4) is 0 Å². The molecule has 0 saturated heterocycles. The van der Waals surface area contributed by atoms with Crippen LogP contribution in [0.1, 0.15) is 41.6 Å². The molecule has 108 valence electrons. The number of carbonyl (C=O) groups is 2. The van der Waals surface area contributed by atoms with Crippen molar-refractivity contribution in [2.24, 2.45) is 0 Å². The lowest BCUT2D eigenvalue weighted by molar-refractivity contribution is -0.137. The van der Waals surface area contributed by atoms with Crippen LogP contribution in [0, 0.1) is 0 Å². The monoisotopic (exact) mass is 285 g/mol. The van der Waals surface area contributed by atoms with Crippen LogP contribution in [0.5, 0.6) is 0 Å². The molecule has 1 aliphatic rings. The van der Waals surface area contributed by atoms with E-state index in [1.165, 1.54) is 12.1 Å². The summed E-state index contributed by atoms with van der Waals surface area (Å²) in [6.45, 7) is 0. The summed E-state index contributed by atoms with van der Waals surface area (Å²) < 4.78 is 37.7. The van der Waals surface area contributed by atoms with Crippen LogP contribution in [0.25, 0.3) is 0 Å². The van der Waals surface area contributed by atoms with E-state index >= 15 is 0 Å². The van der Waals surface area contributed by atoms with E-state index in [1.54, 1.807) is 0 Å². The van der Waals surface area contributed by atoms with E-state index in [9.17, 15) is 22.8 Å². The number of carbonyl (C=O) groups excluding carboxylic acids is 2. The average Bonchev–Trinajstić information content (AvgIpc) is 2.40. The van der Waals surface area contributed by atoms with E-state index in [-0.39, 0.29) is 17.4 Å². The van der Waals surface area contributed by atoms with Gasteiger partial charge in [-0.25, -0.2) is 0 Å². The first-order chi connectivity index (χ1) is 9.36. The Hall–Kier alpha value is -1.85. The fraction of sp³-hybridized carbons (Fsp3) is 0.429. The predicted octanol–water partition coefficient (Wildman–Crippen LogP) is 2.95. The normalized spacial score (nSPS) is 17.1. The molecule has 1 amide bonds. The van der Waals surface area contributed by atoms with Crippen molar-refractivity contribution in [3.63, 3.8) is 0 Å². The number of ketones is 1. The molecule has 1 aromatic carbocycles. The van der Waals surface area contributed by atoms with Crippen molar-refractivity contribution < 1.29 is 22.8 Å². The largest absolute Gasteiger partial charge is 0.416 e. The van der Waals surface area contributed by atoms with Gasteiger partial charge in [-0.2, -0.15) is 13.2 Å². The highest BCUT2D eigenvalue weighted by atomic mass is 19.4. The van der Waals surface area contributed by atoms with Crippen molar-refractivity contribution in [1.29, 1.82) is 0 Å². The minimum Gasteiger partial charge on any atom is -0.349 e. The molecule has 20 heavy (non-hydrogen) atoms. The Bertz CT molecular complexity index is 515. The van der Waals surface area contributed by atoms with Gasteiger partial charge < -0.3 is 5.32 Å². The summed E-state index contributed by atoms with van der Waals surface area (Å²) in [6, 6.07) is 4.18. The molecule has 0 atom stereocenters. The van der Waals surface area contributed by atoms with Gasteiger partial charge in [0.15, 0.2) is 0 Å². The van der Waals surface area contributed by atoms with Crippen molar-refractivity contribution in [1.82, 2.24) is 5.32 Å². The molecule has 1 aromatic rings. The van der Waals surface area contributed by atoms with Crippen LogP contribution in [0.15, 0.2) is 24.3 Å². The number of halogens is 3. The standard InChI is InChI=1S/C14H14F3NO2/c15-14(16,17)10-3-1-2-9(8-10)13(20)18-11-4-6-12(19)7-5-11/h1-3,8,11H,4-7H2,(H,18,20). The molecular formula is C14H14F3NO2. The minimum atomic E-state index is -4.46. The van der Waals surface area contributed by atoms with Crippen LogP contribution >= 0.6 is 0 Å². The number of alkyl halides is 3. The molecule has 1 saturated carbocycles. The van der Waals surface area contributed by atoms with Crippen LogP contribution in [0.4, 0.5) is 13.2 Å². The lowest BCUT2D eigenvalue weighted by Gasteiger charge is -2.22. The van der Waals surface area contributed by atoms with E-state index in [2.05, 4.69) is 5.32 Å². The lowest BCUT2D eigenvalue weighted by Crippen LogP contribution is -2.37. The van der Waals surface area contributed by atoms with E-state index < -0.39 is 17.6 Å². The molecule has 0 aromatic heterocycles. The second kappa shape index (κ2) is 5.64. The number of rotatable bonds is 2. The topological polar surface area (TPSA) is 46.2 Å². The number of hydrogen-bond donors (Lipinski definition) is 1. The van der Waals surface area contributed by atoms with Crippen molar-refractivity contribution in [2.45, 2.75) is 37.9 Å². The molecule has 3 nitrogen and oxygen atoms in total. The zero-order valence-electron chi connectivity index (χ0n) is 10.7. The van der Waals surface area contributed by atoms with Crippen molar-refractivity contribution >= 4 is 11.7 Å². The fourth-order valence-electron chi connectivity index (χ4n) is 2.19. The summed E-state index contributed by atoms with van der Waals surface area (Å²) in [5.41, 5.74) is -0.860. The first-order valence-electron chi connectivity index (χ1n) is 6.36. The van der Waals surface area contributed by atoms with Crippen molar-refractivity contribution in [3.8, 4) is 0 Å². The maximum atomic E-state index is 12.6. The quantitative estimate of drug-likeness (QED) is 0.908. The lowest BCUT2D eigenvalue weighted by atomic mass is 9.94. The zero-order valence-corrected chi connectivity index (χ0v) is 10.7. The van der Waals surface area contributed by atoms with Crippen molar-refractivity contribution in [2.75, 3.05) is 0 Å². The maximum absolute atomic E-state index is 12.6. The number of hydrogen-bond acceptors (Lipinski definition) is 2. The molecule has 0 heterocycles. The fourth-order valence-corrected chi connectivity index (χ4v) is 2.19. The Labute approximate surface area is 114 Å².